The first-order valence-electron chi connectivity index (χ1n) is 9.52. The molecule has 31 heavy (non-hydrogen) atoms. The van der Waals surface area contributed by atoms with Crippen molar-refractivity contribution < 1.29 is 23.9 Å². The number of piperidine rings is 1. The monoisotopic (exact) mass is 442 g/mol. The number of thiazole rings is 1. The summed E-state index contributed by atoms with van der Waals surface area (Å²) in [4.78, 5) is 42.1. The lowest BCUT2D eigenvalue weighted by Crippen LogP contribution is -2.38. The third-order valence-electron chi connectivity index (χ3n) is 4.87. The van der Waals surface area contributed by atoms with E-state index < -0.39 is 17.9 Å². The minimum absolute atomic E-state index is 0.0448. The molecular weight excluding hydrogens is 420 g/mol. The van der Waals surface area contributed by atoms with Crippen LogP contribution in [0.5, 0.6) is 5.75 Å². The lowest BCUT2D eigenvalue weighted by Gasteiger charge is -2.30. The molecular formula is C21H22N4O5S. The highest BCUT2D eigenvalue weighted by Crippen LogP contribution is 2.31. The van der Waals surface area contributed by atoms with Gasteiger partial charge in [0.2, 0.25) is 5.91 Å². The maximum absolute atomic E-state index is 12.7. The average molecular weight is 442 g/mol. The van der Waals surface area contributed by atoms with Crippen LogP contribution in [0.2, 0.25) is 0 Å². The van der Waals surface area contributed by atoms with Gasteiger partial charge in [0.25, 0.3) is 5.91 Å². The molecule has 2 heterocycles. The molecule has 9 nitrogen and oxygen atoms in total. The van der Waals surface area contributed by atoms with Gasteiger partial charge in [-0.1, -0.05) is 5.92 Å². The minimum atomic E-state index is -0.608. The molecule has 1 fully saturated rings. The normalized spacial score (nSPS) is 13.9. The van der Waals surface area contributed by atoms with E-state index in [4.69, 9.17) is 21.6 Å². The average Bonchev–Trinajstić information content (AvgIpc) is 3.28. The largest absolute Gasteiger partial charge is 0.495 e. The number of primary amides is 1. The first-order valence-corrected chi connectivity index (χ1v) is 10.4. The lowest BCUT2D eigenvalue weighted by molar-refractivity contribution is 0.0994. The summed E-state index contributed by atoms with van der Waals surface area (Å²) in [6.07, 6.45) is 6.12. The van der Waals surface area contributed by atoms with E-state index in [1.807, 2.05) is 0 Å². The maximum atomic E-state index is 12.7. The summed E-state index contributed by atoms with van der Waals surface area (Å²) in [6.45, 7) is 1.02. The summed E-state index contributed by atoms with van der Waals surface area (Å²) in [5.74, 6) is 1.80. The molecule has 0 saturated carbocycles. The fraction of sp³-hybridized carbons (Fsp3) is 0.333. The second-order valence-electron chi connectivity index (χ2n) is 6.82. The Morgan fingerprint density at radius 1 is 1.35 bits per heavy atom. The van der Waals surface area contributed by atoms with Crippen LogP contribution < -0.4 is 15.8 Å². The van der Waals surface area contributed by atoms with Crippen LogP contribution in [0.3, 0.4) is 0 Å². The number of aromatic nitrogens is 1. The fourth-order valence-corrected chi connectivity index (χ4v) is 4.20. The zero-order valence-corrected chi connectivity index (χ0v) is 17.7. The Morgan fingerprint density at radius 2 is 2.10 bits per heavy atom. The molecule has 0 spiro atoms. The van der Waals surface area contributed by atoms with Crippen LogP contribution in [-0.4, -0.2) is 54.6 Å². The predicted molar refractivity (Wildman–Crippen MR) is 115 cm³/mol. The second-order valence-corrected chi connectivity index (χ2v) is 7.71. The Balaban J connectivity index is 1.63. The van der Waals surface area contributed by atoms with E-state index in [0.717, 1.165) is 5.01 Å². The molecule has 0 atom stereocenters. The van der Waals surface area contributed by atoms with Crippen molar-refractivity contribution >= 4 is 34.9 Å². The molecule has 1 aromatic heterocycles. The summed E-state index contributed by atoms with van der Waals surface area (Å²) in [5.41, 5.74) is 6.16. The van der Waals surface area contributed by atoms with Gasteiger partial charge in [-0.05, 0) is 31.0 Å². The molecule has 1 aliphatic rings. The Labute approximate surface area is 183 Å². The highest BCUT2D eigenvalue weighted by Gasteiger charge is 2.27. The number of anilines is 1. The predicted octanol–water partition coefficient (Wildman–Crippen LogP) is 2.45. The maximum Gasteiger partial charge on any atom is 0.410 e. The molecule has 0 bridgehead atoms. The molecule has 0 aliphatic carbocycles. The van der Waals surface area contributed by atoms with E-state index >= 15 is 0 Å². The first kappa shape index (κ1) is 22.1. The van der Waals surface area contributed by atoms with E-state index in [9.17, 15) is 14.4 Å². The second kappa shape index (κ2) is 9.95. The van der Waals surface area contributed by atoms with Crippen molar-refractivity contribution in [2.24, 2.45) is 5.73 Å². The Morgan fingerprint density at radius 3 is 2.74 bits per heavy atom. The third kappa shape index (κ3) is 5.32. The molecule has 1 aliphatic heterocycles. The number of carbonyl (C=O) groups is 3. The van der Waals surface area contributed by atoms with Crippen molar-refractivity contribution in [3.8, 4) is 18.1 Å². The van der Waals surface area contributed by atoms with Gasteiger partial charge in [0.1, 0.15) is 11.4 Å². The number of terminal acetylenes is 1. The number of hydrogen-bond donors (Lipinski definition) is 2. The van der Waals surface area contributed by atoms with Gasteiger partial charge in [-0.25, -0.2) is 9.78 Å². The number of methoxy groups -OCH3 is 1. The van der Waals surface area contributed by atoms with Gasteiger partial charge in [-0.2, -0.15) is 0 Å². The number of amides is 3. The molecule has 10 heteroatoms. The molecule has 1 saturated heterocycles. The number of likely N-dealkylation sites (tertiary alicyclic amines) is 1. The van der Waals surface area contributed by atoms with Crippen molar-refractivity contribution in [1.82, 2.24) is 9.88 Å². The zero-order chi connectivity index (χ0) is 22.4. The van der Waals surface area contributed by atoms with Crippen LogP contribution in [0.1, 0.15) is 44.6 Å². The molecule has 2 aromatic rings. The summed E-state index contributed by atoms with van der Waals surface area (Å²) in [6, 6.07) is 4.54. The molecule has 3 rings (SSSR count). The fourth-order valence-electron chi connectivity index (χ4n) is 3.23. The topological polar surface area (TPSA) is 124 Å². The number of hydrogen-bond acceptors (Lipinski definition) is 7. The zero-order valence-electron chi connectivity index (χ0n) is 16.9. The van der Waals surface area contributed by atoms with Crippen molar-refractivity contribution in [2.45, 2.75) is 18.8 Å². The summed E-state index contributed by atoms with van der Waals surface area (Å²) >= 11 is 1.40. The highest BCUT2D eigenvalue weighted by molar-refractivity contribution is 7.10. The molecule has 3 N–H and O–H groups in total. The van der Waals surface area contributed by atoms with Crippen LogP contribution in [0.25, 0.3) is 0 Å². The number of ether oxygens (including phenoxy) is 2. The Hall–Kier alpha value is -3.58. The number of rotatable bonds is 6. The lowest BCUT2D eigenvalue weighted by atomic mass is 9.98. The number of carbonyl (C=O) groups excluding carboxylic acids is 3. The number of nitrogens with one attached hydrogen (secondary N) is 1. The molecule has 3 amide bonds. The quantitative estimate of drug-likeness (QED) is 0.663. The van der Waals surface area contributed by atoms with Crippen molar-refractivity contribution in [3.05, 3.63) is 39.8 Å². The van der Waals surface area contributed by atoms with E-state index in [-0.39, 0.29) is 23.8 Å². The van der Waals surface area contributed by atoms with E-state index in [0.29, 0.717) is 37.4 Å². The first-order chi connectivity index (χ1) is 14.9. The van der Waals surface area contributed by atoms with Crippen molar-refractivity contribution in [3.63, 3.8) is 0 Å². The van der Waals surface area contributed by atoms with Gasteiger partial charge in [-0.3, -0.25) is 9.59 Å². The van der Waals surface area contributed by atoms with Crippen LogP contribution in [0.4, 0.5) is 10.5 Å². The number of nitrogens with zero attached hydrogens (tertiary/aromatic N) is 2. The van der Waals surface area contributed by atoms with Crippen molar-refractivity contribution in [1.29, 1.82) is 0 Å². The Bertz CT molecular complexity index is 1020. The molecule has 162 valence electrons. The molecule has 1 aromatic carbocycles. The van der Waals surface area contributed by atoms with Gasteiger partial charge >= 0.3 is 6.09 Å². The SMILES string of the molecule is C#CCOC(=O)N1CCC(c2nc(C(=O)Nc3cc(C(N)=O)ccc3OC)cs2)CC1. The van der Waals surface area contributed by atoms with Gasteiger partial charge in [0.15, 0.2) is 6.61 Å². The minimum Gasteiger partial charge on any atom is -0.495 e. The van der Waals surface area contributed by atoms with E-state index in [1.54, 1.807) is 16.3 Å². The third-order valence-corrected chi connectivity index (χ3v) is 5.88. The van der Waals surface area contributed by atoms with Crippen LogP contribution in [-0.2, 0) is 4.74 Å². The Kier molecular flexibility index (Phi) is 7.10. The van der Waals surface area contributed by atoms with Gasteiger partial charge in [0.05, 0.1) is 17.8 Å². The standard InChI is InChI=1S/C21H22N4O5S/c1-3-10-30-21(28)25-8-6-13(7-9-25)20-24-16(12-31-20)19(27)23-15-11-14(18(22)26)4-5-17(15)29-2/h1,4-5,11-13H,6-10H2,2H3,(H2,22,26)(H,23,27). The highest BCUT2D eigenvalue weighted by atomic mass is 32.1. The van der Waals surface area contributed by atoms with E-state index in [1.165, 1.54) is 30.6 Å². The van der Waals surface area contributed by atoms with Gasteiger partial charge in [-0.15, -0.1) is 17.8 Å². The van der Waals surface area contributed by atoms with Gasteiger partial charge in [0, 0.05) is 30.0 Å². The smallest absolute Gasteiger partial charge is 0.410 e. The molecule has 0 radical (unpaired) electrons. The summed E-state index contributed by atoms with van der Waals surface area (Å²) in [7, 11) is 1.46. The molecule has 0 unspecified atom stereocenters. The van der Waals surface area contributed by atoms with Crippen LogP contribution >= 0.6 is 11.3 Å². The number of benzene rings is 1. The van der Waals surface area contributed by atoms with Crippen LogP contribution in [0.15, 0.2) is 23.6 Å². The van der Waals surface area contributed by atoms with Gasteiger partial charge < -0.3 is 25.4 Å². The van der Waals surface area contributed by atoms with E-state index in [2.05, 4.69) is 16.2 Å². The van der Waals surface area contributed by atoms with Crippen LogP contribution in [0, 0.1) is 12.3 Å². The van der Waals surface area contributed by atoms with Crippen molar-refractivity contribution in [2.75, 3.05) is 32.1 Å². The summed E-state index contributed by atoms with van der Waals surface area (Å²) in [5, 5.41) is 5.23. The number of nitrogens with two attached hydrogens (primary N) is 1. The summed E-state index contributed by atoms with van der Waals surface area (Å²) < 4.78 is 10.2.